The molecular formula is C58H39NS. The van der Waals surface area contributed by atoms with Crippen molar-refractivity contribution < 1.29 is 0 Å². The molecule has 0 bridgehead atoms. The van der Waals surface area contributed by atoms with E-state index in [4.69, 9.17) is 0 Å². The summed E-state index contributed by atoms with van der Waals surface area (Å²) in [6, 6.07) is 75.4. The van der Waals surface area contributed by atoms with Crippen molar-refractivity contribution in [2.24, 2.45) is 0 Å². The molecule has 1 aromatic heterocycles. The first kappa shape index (κ1) is 33.9. The maximum absolute atomic E-state index is 2.60. The predicted molar refractivity (Wildman–Crippen MR) is 253 cm³/mol. The summed E-state index contributed by atoms with van der Waals surface area (Å²) in [5.74, 6) is 0. The number of rotatable bonds is 4. The van der Waals surface area contributed by atoms with Crippen LogP contribution in [0.25, 0.3) is 64.7 Å². The Hall–Kier alpha value is -7.00. The summed E-state index contributed by atoms with van der Waals surface area (Å²) in [7, 11) is 0. The van der Waals surface area contributed by atoms with E-state index in [0.717, 1.165) is 5.69 Å². The fourth-order valence-electron chi connectivity index (χ4n) is 11.3. The van der Waals surface area contributed by atoms with Gasteiger partial charge in [-0.15, -0.1) is 11.3 Å². The monoisotopic (exact) mass is 781 g/mol. The topological polar surface area (TPSA) is 3.24 Å². The van der Waals surface area contributed by atoms with Gasteiger partial charge >= 0.3 is 0 Å². The molecule has 1 spiro atoms. The Morgan fingerprint density at radius 3 is 1.62 bits per heavy atom. The molecule has 0 amide bonds. The zero-order chi connectivity index (χ0) is 39.7. The van der Waals surface area contributed by atoms with Crippen LogP contribution in [0.2, 0.25) is 0 Å². The molecule has 0 saturated carbocycles. The Morgan fingerprint density at radius 2 is 0.933 bits per heavy atom. The maximum Gasteiger partial charge on any atom is 0.0726 e. The Balaban J connectivity index is 1.19. The quantitative estimate of drug-likeness (QED) is 0.172. The molecule has 0 radical (unpaired) electrons. The minimum atomic E-state index is -0.475. The molecule has 1 heterocycles. The first-order chi connectivity index (χ1) is 29.5. The highest BCUT2D eigenvalue weighted by molar-refractivity contribution is 7.26. The molecule has 0 saturated heterocycles. The summed E-state index contributed by atoms with van der Waals surface area (Å²) in [6.07, 6.45) is 0. The number of hydrogen-bond acceptors (Lipinski definition) is 2. The van der Waals surface area contributed by atoms with Crippen molar-refractivity contribution in [3.05, 3.63) is 234 Å². The fourth-order valence-corrected chi connectivity index (χ4v) is 12.5. The molecule has 0 fully saturated rings. The van der Waals surface area contributed by atoms with Crippen LogP contribution in [0.15, 0.2) is 200 Å². The van der Waals surface area contributed by atoms with Gasteiger partial charge in [-0.1, -0.05) is 178 Å². The van der Waals surface area contributed by atoms with E-state index in [9.17, 15) is 0 Å². The lowest BCUT2D eigenvalue weighted by atomic mass is 9.70. The Labute approximate surface area is 354 Å². The lowest BCUT2D eigenvalue weighted by Crippen LogP contribution is -2.26. The van der Waals surface area contributed by atoms with Crippen LogP contribution in [0, 0.1) is 0 Å². The number of hydrogen-bond donors (Lipinski definition) is 0. The third kappa shape index (κ3) is 4.36. The zero-order valence-electron chi connectivity index (χ0n) is 33.4. The van der Waals surface area contributed by atoms with Crippen LogP contribution in [0.4, 0.5) is 17.1 Å². The lowest BCUT2D eigenvalue weighted by molar-refractivity contribution is 0.660. The van der Waals surface area contributed by atoms with E-state index in [1.165, 1.54) is 109 Å². The highest BCUT2D eigenvalue weighted by atomic mass is 32.1. The minimum Gasteiger partial charge on any atom is -0.309 e. The fraction of sp³-hybridized carbons (Fsp3) is 0.0690. The van der Waals surface area contributed by atoms with Gasteiger partial charge < -0.3 is 4.90 Å². The van der Waals surface area contributed by atoms with E-state index in [0.29, 0.717) is 0 Å². The SMILES string of the molecule is CC1(C)c2ccccc2-c2ccc(N(c3ccccc3)c3c4c(cc5sc6cc(-c7ccccc7)ccc6c35)C3(c5ccccc5-c5ccccc53)c3ccccc3-4)cc21. The van der Waals surface area contributed by atoms with Crippen molar-refractivity contribution in [2.45, 2.75) is 24.7 Å². The number of fused-ring (bicyclic) bond motifs is 16. The van der Waals surface area contributed by atoms with Crippen LogP contribution in [0.1, 0.15) is 47.2 Å². The minimum absolute atomic E-state index is 0.144. The highest BCUT2D eigenvalue weighted by Crippen LogP contribution is 2.66. The molecule has 13 rings (SSSR count). The van der Waals surface area contributed by atoms with E-state index in [1.54, 1.807) is 0 Å². The molecule has 9 aromatic carbocycles. The number of nitrogens with zero attached hydrogens (tertiary/aromatic N) is 1. The first-order valence-corrected chi connectivity index (χ1v) is 21.8. The lowest BCUT2D eigenvalue weighted by Gasteiger charge is -2.33. The van der Waals surface area contributed by atoms with Crippen molar-refractivity contribution in [1.29, 1.82) is 0 Å². The van der Waals surface area contributed by atoms with E-state index >= 15 is 0 Å². The van der Waals surface area contributed by atoms with Gasteiger partial charge in [-0.2, -0.15) is 0 Å². The van der Waals surface area contributed by atoms with Crippen molar-refractivity contribution in [3.63, 3.8) is 0 Å². The molecule has 0 atom stereocenters. The van der Waals surface area contributed by atoms with Gasteiger partial charge in [0.1, 0.15) is 0 Å². The summed E-state index contributed by atoms with van der Waals surface area (Å²) >= 11 is 1.93. The summed E-state index contributed by atoms with van der Waals surface area (Å²) in [6.45, 7) is 4.77. The van der Waals surface area contributed by atoms with Crippen molar-refractivity contribution in [2.75, 3.05) is 4.90 Å². The van der Waals surface area contributed by atoms with Crippen molar-refractivity contribution >= 4 is 48.6 Å². The molecule has 2 heteroatoms. The molecule has 0 aliphatic heterocycles. The molecular weight excluding hydrogens is 743 g/mol. The Bertz CT molecular complexity index is 3360. The van der Waals surface area contributed by atoms with Gasteiger partial charge in [0, 0.05) is 42.5 Å². The summed E-state index contributed by atoms with van der Waals surface area (Å²) in [5, 5.41) is 2.58. The van der Waals surface area contributed by atoms with Crippen LogP contribution in [-0.2, 0) is 10.8 Å². The molecule has 60 heavy (non-hydrogen) atoms. The van der Waals surface area contributed by atoms with Crippen LogP contribution in [0.3, 0.4) is 0 Å². The third-order valence-electron chi connectivity index (χ3n) is 13.9. The van der Waals surface area contributed by atoms with Gasteiger partial charge in [0.2, 0.25) is 0 Å². The molecule has 10 aromatic rings. The number of thiophene rings is 1. The Kier molecular flexibility index (Phi) is 6.94. The van der Waals surface area contributed by atoms with Crippen molar-refractivity contribution in [1.82, 2.24) is 0 Å². The van der Waals surface area contributed by atoms with Gasteiger partial charge in [0.25, 0.3) is 0 Å². The summed E-state index contributed by atoms with van der Waals surface area (Å²) < 4.78 is 2.59. The van der Waals surface area contributed by atoms with E-state index in [-0.39, 0.29) is 5.41 Å². The maximum atomic E-state index is 2.60. The van der Waals surface area contributed by atoms with Gasteiger partial charge in [0.05, 0.1) is 11.1 Å². The van der Waals surface area contributed by atoms with E-state index in [1.807, 2.05) is 11.3 Å². The van der Waals surface area contributed by atoms with E-state index < -0.39 is 5.41 Å². The van der Waals surface area contributed by atoms with Crippen LogP contribution < -0.4 is 4.90 Å². The molecule has 1 nitrogen and oxygen atoms in total. The first-order valence-electron chi connectivity index (χ1n) is 21.0. The average Bonchev–Trinajstić information content (AvgIpc) is 3.99. The molecule has 282 valence electrons. The number of benzene rings is 9. The predicted octanol–water partition coefficient (Wildman–Crippen LogP) is 15.8. The molecule has 3 aliphatic carbocycles. The second-order valence-corrected chi connectivity index (χ2v) is 18.2. The average molecular weight is 782 g/mol. The smallest absolute Gasteiger partial charge is 0.0726 e. The molecule has 0 unspecified atom stereocenters. The van der Waals surface area contributed by atoms with Crippen LogP contribution >= 0.6 is 11.3 Å². The normalized spacial score (nSPS) is 14.4. The molecule has 0 N–H and O–H groups in total. The zero-order valence-corrected chi connectivity index (χ0v) is 34.2. The second-order valence-electron chi connectivity index (χ2n) is 17.2. The second kappa shape index (κ2) is 12.3. The number of anilines is 3. The van der Waals surface area contributed by atoms with Crippen molar-refractivity contribution in [3.8, 4) is 44.5 Å². The molecule has 3 aliphatic rings. The highest BCUT2D eigenvalue weighted by Gasteiger charge is 2.53. The van der Waals surface area contributed by atoms with E-state index in [2.05, 4.69) is 219 Å². The van der Waals surface area contributed by atoms with Crippen LogP contribution in [0.5, 0.6) is 0 Å². The Morgan fingerprint density at radius 1 is 0.383 bits per heavy atom. The number of para-hydroxylation sites is 1. The summed E-state index contributed by atoms with van der Waals surface area (Å²) in [5.41, 5.74) is 21.5. The van der Waals surface area contributed by atoms with Gasteiger partial charge in [0.15, 0.2) is 0 Å². The van der Waals surface area contributed by atoms with Gasteiger partial charge in [-0.3, -0.25) is 0 Å². The van der Waals surface area contributed by atoms with Gasteiger partial charge in [-0.05, 0) is 109 Å². The summed E-state index contributed by atoms with van der Waals surface area (Å²) in [4.78, 5) is 2.60. The third-order valence-corrected chi connectivity index (χ3v) is 15.0. The standard InChI is InChI=1S/C58H39NS/c1-57(2)46-25-13-9-21-40(46)43-32-30-39(34-50(43)57)59(38-19-7-4-8-20-38)56-54-44-24-12-16-28-49(44)58(47-26-14-10-22-41(47)42-23-11-15-27-48(42)58)51(54)35-53-55(56)45-31-29-37(33-52(45)60-53)36-17-5-3-6-18-36/h3-35H,1-2H3. The largest absolute Gasteiger partial charge is 0.309 e. The van der Waals surface area contributed by atoms with Gasteiger partial charge in [-0.25, -0.2) is 0 Å². The van der Waals surface area contributed by atoms with Crippen LogP contribution in [-0.4, -0.2) is 0 Å².